The molecule has 2 aliphatic heterocycles. The molecule has 130 valence electrons. The van der Waals surface area contributed by atoms with Crippen LogP contribution in [0, 0.1) is 17.6 Å². The Morgan fingerprint density at radius 2 is 1.92 bits per heavy atom. The predicted molar refractivity (Wildman–Crippen MR) is 91.0 cm³/mol. The molecule has 2 amide bonds. The Labute approximate surface area is 144 Å². The Morgan fingerprint density at radius 1 is 1.16 bits per heavy atom. The second kappa shape index (κ2) is 6.10. The van der Waals surface area contributed by atoms with Crippen molar-refractivity contribution in [2.45, 2.75) is 38.3 Å². The monoisotopic (exact) mass is 343 g/mol. The van der Waals surface area contributed by atoms with Crippen molar-refractivity contribution in [1.29, 1.82) is 0 Å². The Balaban J connectivity index is 1.54. The molecule has 2 aromatic rings. The molecular formula is C19H19F2N3O. The molecule has 3 fully saturated rings. The number of nitrogens with one attached hydrogen (secondary N) is 1. The van der Waals surface area contributed by atoms with Gasteiger partial charge >= 0.3 is 6.03 Å². The fourth-order valence-electron chi connectivity index (χ4n) is 4.05. The molecule has 1 N–H and O–H groups in total. The number of aromatic nitrogens is 1. The lowest BCUT2D eigenvalue weighted by atomic mass is 9.74. The molecule has 6 heteroatoms. The summed E-state index contributed by atoms with van der Waals surface area (Å²) in [6.07, 6.45) is 5.60. The SMILES string of the molecule is CC1CC2CC(C1)N2C(=O)Nc1ccc(F)c(-c2cncc(F)c2)c1. The lowest BCUT2D eigenvalue weighted by Gasteiger charge is -2.54. The van der Waals surface area contributed by atoms with Gasteiger partial charge in [0.25, 0.3) is 0 Å². The van der Waals surface area contributed by atoms with Crippen LogP contribution in [-0.4, -0.2) is 28.0 Å². The number of nitrogens with zero attached hydrogens (tertiary/aromatic N) is 2. The highest BCUT2D eigenvalue weighted by atomic mass is 19.1. The number of piperidine rings is 1. The van der Waals surface area contributed by atoms with Crippen LogP contribution in [0.3, 0.4) is 0 Å². The van der Waals surface area contributed by atoms with Crippen LogP contribution in [0.15, 0.2) is 36.7 Å². The maximum atomic E-state index is 14.1. The fourth-order valence-corrected chi connectivity index (χ4v) is 4.05. The first kappa shape index (κ1) is 16.0. The zero-order chi connectivity index (χ0) is 17.6. The molecule has 2 bridgehead atoms. The molecule has 1 aromatic heterocycles. The van der Waals surface area contributed by atoms with E-state index >= 15 is 0 Å². The van der Waals surface area contributed by atoms with E-state index in [9.17, 15) is 13.6 Å². The Morgan fingerprint density at radius 3 is 2.64 bits per heavy atom. The summed E-state index contributed by atoms with van der Waals surface area (Å²) in [6.45, 7) is 2.22. The molecule has 2 unspecified atom stereocenters. The summed E-state index contributed by atoms with van der Waals surface area (Å²) in [6, 6.07) is 5.99. The molecule has 1 aromatic carbocycles. The van der Waals surface area contributed by atoms with Crippen molar-refractivity contribution in [3.8, 4) is 11.1 Å². The lowest BCUT2D eigenvalue weighted by molar-refractivity contribution is -0.00601. The van der Waals surface area contributed by atoms with E-state index < -0.39 is 11.6 Å². The third-order valence-electron chi connectivity index (χ3n) is 5.15. The van der Waals surface area contributed by atoms with Crippen molar-refractivity contribution in [3.63, 3.8) is 0 Å². The van der Waals surface area contributed by atoms with Gasteiger partial charge in [0.1, 0.15) is 11.6 Å². The molecule has 4 nitrogen and oxygen atoms in total. The third-order valence-corrected chi connectivity index (χ3v) is 5.15. The maximum Gasteiger partial charge on any atom is 0.322 e. The minimum atomic E-state index is -0.533. The zero-order valence-electron chi connectivity index (χ0n) is 13.9. The van der Waals surface area contributed by atoms with E-state index in [0.29, 0.717) is 29.3 Å². The first-order chi connectivity index (χ1) is 12.0. The van der Waals surface area contributed by atoms with Gasteiger partial charge in [0.2, 0.25) is 0 Å². The highest BCUT2D eigenvalue weighted by Crippen LogP contribution is 2.41. The van der Waals surface area contributed by atoms with Crippen molar-refractivity contribution in [2.75, 3.05) is 5.32 Å². The van der Waals surface area contributed by atoms with Crippen LogP contribution in [-0.2, 0) is 0 Å². The van der Waals surface area contributed by atoms with Gasteiger partial charge in [0.15, 0.2) is 0 Å². The fraction of sp³-hybridized carbons (Fsp3) is 0.368. The number of benzene rings is 1. The molecule has 3 aliphatic rings. The number of hydrogen-bond acceptors (Lipinski definition) is 2. The van der Waals surface area contributed by atoms with Gasteiger partial charge in [0, 0.05) is 35.1 Å². The normalized spacial score (nSPS) is 24.6. The predicted octanol–water partition coefficient (Wildman–Crippen LogP) is 4.43. The van der Waals surface area contributed by atoms with Gasteiger partial charge in [-0.05, 0) is 49.4 Å². The highest BCUT2D eigenvalue weighted by Gasteiger charge is 2.46. The van der Waals surface area contributed by atoms with E-state index in [1.54, 1.807) is 0 Å². The number of rotatable bonds is 2. The van der Waals surface area contributed by atoms with Crippen molar-refractivity contribution < 1.29 is 13.6 Å². The van der Waals surface area contributed by atoms with Gasteiger partial charge in [-0.1, -0.05) is 6.92 Å². The molecule has 2 saturated heterocycles. The number of carbonyl (C=O) groups is 1. The topological polar surface area (TPSA) is 45.2 Å². The second-order valence-electron chi connectivity index (χ2n) is 7.04. The molecule has 1 aliphatic carbocycles. The molecule has 5 rings (SSSR count). The molecular weight excluding hydrogens is 324 g/mol. The van der Waals surface area contributed by atoms with Gasteiger partial charge in [0.05, 0.1) is 6.20 Å². The van der Waals surface area contributed by atoms with E-state index in [4.69, 9.17) is 0 Å². The van der Waals surface area contributed by atoms with E-state index in [1.165, 1.54) is 30.5 Å². The summed E-state index contributed by atoms with van der Waals surface area (Å²) < 4.78 is 27.5. The van der Waals surface area contributed by atoms with Crippen molar-refractivity contribution in [2.24, 2.45) is 5.92 Å². The van der Waals surface area contributed by atoms with Crippen LogP contribution < -0.4 is 5.32 Å². The van der Waals surface area contributed by atoms with Crippen LogP contribution in [0.4, 0.5) is 19.3 Å². The first-order valence-electron chi connectivity index (χ1n) is 8.51. The van der Waals surface area contributed by atoms with Crippen molar-refractivity contribution in [1.82, 2.24) is 9.88 Å². The van der Waals surface area contributed by atoms with Crippen LogP contribution >= 0.6 is 0 Å². The van der Waals surface area contributed by atoms with Gasteiger partial charge in [-0.2, -0.15) is 0 Å². The van der Waals surface area contributed by atoms with Crippen molar-refractivity contribution >= 4 is 11.7 Å². The smallest absolute Gasteiger partial charge is 0.318 e. The average Bonchev–Trinajstić information content (AvgIpc) is 2.56. The Kier molecular flexibility index (Phi) is 3.90. The molecule has 0 spiro atoms. The van der Waals surface area contributed by atoms with Crippen LogP contribution in [0.25, 0.3) is 11.1 Å². The number of amides is 2. The minimum Gasteiger partial charge on any atom is -0.318 e. The summed E-state index contributed by atoms with van der Waals surface area (Å²) in [5.41, 5.74) is 1.04. The summed E-state index contributed by atoms with van der Waals surface area (Å²) in [5, 5.41) is 2.85. The summed E-state index contributed by atoms with van der Waals surface area (Å²) >= 11 is 0. The highest BCUT2D eigenvalue weighted by molar-refractivity contribution is 5.91. The molecule has 1 saturated carbocycles. The molecule has 2 atom stereocenters. The number of urea groups is 1. The van der Waals surface area contributed by atoms with Gasteiger partial charge < -0.3 is 10.2 Å². The van der Waals surface area contributed by atoms with Crippen LogP contribution in [0.2, 0.25) is 0 Å². The average molecular weight is 343 g/mol. The zero-order valence-corrected chi connectivity index (χ0v) is 13.9. The lowest BCUT2D eigenvalue weighted by Crippen LogP contribution is -2.63. The number of halogens is 2. The number of pyridine rings is 1. The summed E-state index contributed by atoms with van der Waals surface area (Å²) in [5.74, 6) is -0.361. The van der Waals surface area contributed by atoms with E-state index in [2.05, 4.69) is 17.2 Å². The molecule has 25 heavy (non-hydrogen) atoms. The first-order valence-corrected chi connectivity index (χ1v) is 8.51. The standard InChI is InChI=1S/C19H19F2N3O/c1-11-4-15-8-16(5-11)24(15)19(25)23-14-2-3-18(21)17(7-14)12-6-13(20)10-22-9-12/h2-3,6-7,9-11,15-16H,4-5,8H2,1H3,(H,23,25). The summed E-state index contributed by atoms with van der Waals surface area (Å²) in [7, 11) is 0. The number of carbonyl (C=O) groups excluding carboxylic acids is 1. The number of hydrogen-bond donors (Lipinski definition) is 1. The summed E-state index contributed by atoms with van der Waals surface area (Å²) in [4.78, 5) is 18.2. The van der Waals surface area contributed by atoms with Gasteiger partial charge in [-0.15, -0.1) is 0 Å². The number of anilines is 1. The number of fused-ring (bicyclic) bond motifs is 2. The second-order valence-corrected chi connectivity index (χ2v) is 7.04. The molecule has 0 radical (unpaired) electrons. The largest absolute Gasteiger partial charge is 0.322 e. The van der Waals surface area contributed by atoms with E-state index in [1.807, 2.05) is 4.90 Å². The van der Waals surface area contributed by atoms with Crippen LogP contribution in [0.5, 0.6) is 0 Å². The quantitative estimate of drug-likeness (QED) is 0.877. The maximum absolute atomic E-state index is 14.1. The third kappa shape index (κ3) is 2.97. The molecule has 3 heterocycles. The van der Waals surface area contributed by atoms with Crippen LogP contribution in [0.1, 0.15) is 26.2 Å². The van der Waals surface area contributed by atoms with E-state index in [-0.39, 0.29) is 11.6 Å². The minimum absolute atomic E-state index is 0.150. The Hall–Kier alpha value is -2.50. The van der Waals surface area contributed by atoms with E-state index in [0.717, 1.165) is 25.5 Å². The van der Waals surface area contributed by atoms with Gasteiger partial charge in [-0.3, -0.25) is 4.98 Å². The van der Waals surface area contributed by atoms with Crippen molar-refractivity contribution in [3.05, 3.63) is 48.3 Å². The van der Waals surface area contributed by atoms with Gasteiger partial charge in [-0.25, -0.2) is 13.6 Å². The Bertz CT molecular complexity index is 814.